The Balaban J connectivity index is 0.00000162. The Hall–Kier alpha value is -0.770. The van der Waals surface area contributed by atoms with Crippen molar-refractivity contribution in [3.63, 3.8) is 0 Å². The minimum atomic E-state index is -0.0234. The van der Waals surface area contributed by atoms with Crippen molar-refractivity contribution >= 4 is 29.9 Å². The van der Waals surface area contributed by atoms with Crippen molar-refractivity contribution in [1.82, 2.24) is 10.6 Å². The van der Waals surface area contributed by atoms with Gasteiger partial charge in [-0.15, -0.1) is 12.4 Å². The molecule has 3 nitrogen and oxygen atoms in total. The fourth-order valence-electron chi connectivity index (χ4n) is 2.06. The van der Waals surface area contributed by atoms with Crippen LogP contribution in [0.4, 0.5) is 0 Å². The van der Waals surface area contributed by atoms with Crippen LogP contribution in [-0.2, 0) is 4.79 Å². The zero-order valence-corrected chi connectivity index (χ0v) is 11.9. The molecule has 0 aromatic heterocycles. The first-order valence-electron chi connectivity index (χ1n) is 5.96. The molecule has 0 spiro atoms. The molecule has 1 saturated heterocycles. The van der Waals surface area contributed by atoms with Gasteiger partial charge >= 0.3 is 0 Å². The molecule has 2 N–H and O–H groups in total. The Labute approximate surface area is 119 Å². The molecule has 1 aromatic rings. The number of carbonyl (C=O) groups is 1. The van der Waals surface area contributed by atoms with Gasteiger partial charge < -0.3 is 10.6 Å². The molecule has 0 bridgehead atoms. The van der Waals surface area contributed by atoms with Crippen LogP contribution in [-0.4, -0.2) is 18.5 Å². The van der Waals surface area contributed by atoms with Gasteiger partial charge in [0.15, 0.2) is 0 Å². The Morgan fingerprint density at radius 1 is 1.44 bits per heavy atom. The molecule has 1 fully saturated rings. The molecule has 2 rings (SSSR count). The second kappa shape index (κ2) is 6.98. The quantitative estimate of drug-likeness (QED) is 0.898. The summed E-state index contributed by atoms with van der Waals surface area (Å²) >= 11 is 5.83. The molecule has 1 aliphatic heterocycles. The van der Waals surface area contributed by atoms with Crippen molar-refractivity contribution < 1.29 is 4.79 Å². The SMILES string of the molecule is CC(NC(=O)C1CCCN1)c1ccc(Cl)cc1.Cl. The van der Waals surface area contributed by atoms with Crippen LogP contribution in [0.3, 0.4) is 0 Å². The lowest BCUT2D eigenvalue weighted by Crippen LogP contribution is -2.41. The summed E-state index contributed by atoms with van der Waals surface area (Å²) in [6.07, 6.45) is 2.01. The van der Waals surface area contributed by atoms with Gasteiger partial charge in [0.05, 0.1) is 12.1 Å². The molecule has 2 atom stereocenters. The van der Waals surface area contributed by atoms with Gasteiger partial charge in [0.1, 0.15) is 0 Å². The zero-order chi connectivity index (χ0) is 12.3. The van der Waals surface area contributed by atoms with Gasteiger partial charge in [0.2, 0.25) is 5.91 Å². The summed E-state index contributed by atoms with van der Waals surface area (Å²) in [5.41, 5.74) is 1.07. The van der Waals surface area contributed by atoms with Crippen LogP contribution in [0.5, 0.6) is 0 Å². The Kier molecular flexibility index (Phi) is 5.93. The lowest BCUT2D eigenvalue weighted by atomic mass is 10.1. The maximum absolute atomic E-state index is 11.9. The van der Waals surface area contributed by atoms with E-state index in [0.717, 1.165) is 24.9 Å². The summed E-state index contributed by atoms with van der Waals surface area (Å²) in [5.74, 6) is 0.0879. The Bertz CT molecular complexity index is 388. The summed E-state index contributed by atoms with van der Waals surface area (Å²) in [6, 6.07) is 7.55. The van der Waals surface area contributed by atoms with Gasteiger partial charge in [-0.25, -0.2) is 0 Å². The normalized spacial score (nSPS) is 20.0. The molecular formula is C13H18Cl2N2O. The van der Waals surface area contributed by atoms with Crippen LogP contribution < -0.4 is 10.6 Å². The molecule has 2 unspecified atom stereocenters. The van der Waals surface area contributed by atoms with Crippen molar-refractivity contribution in [2.75, 3.05) is 6.54 Å². The van der Waals surface area contributed by atoms with Crippen LogP contribution in [0.2, 0.25) is 5.02 Å². The van der Waals surface area contributed by atoms with Gasteiger partial charge in [-0.1, -0.05) is 23.7 Å². The number of halogens is 2. The highest BCUT2D eigenvalue weighted by atomic mass is 35.5. The molecule has 1 heterocycles. The highest BCUT2D eigenvalue weighted by Gasteiger charge is 2.23. The topological polar surface area (TPSA) is 41.1 Å². The maximum Gasteiger partial charge on any atom is 0.237 e. The molecule has 1 amide bonds. The van der Waals surface area contributed by atoms with Gasteiger partial charge in [-0.2, -0.15) is 0 Å². The highest BCUT2D eigenvalue weighted by molar-refractivity contribution is 6.30. The fraction of sp³-hybridized carbons (Fsp3) is 0.462. The molecular weight excluding hydrogens is 271 g/mol. The van der Waals surface area contributed by atoms with E-state index < -0.39 is 0 Å². The van der Waals surface area contributed by atoms with Crippen molar-refractivity contribution in [2.45, 2.75) is 31.8 Å². The number of amides is 1. The fourth-order valence-corrected chi connectivity index (χ4v) is 2.18. The monoisotopic (exact) mass is 288 g/mol. The van der Waals surface area contributed by atoms with E-state index in [4.69, 9.17) is 11.6 Å². The number of benzene rings is 1. The first-order valence-corrected chi connectivity index (χ1v) is 6.34. The van der Waals surface area contributed by atoms with E-state index >= 15 is 0 Å². The van der Waals surface area contributed by atoms with E-state index in [9.17, 15) is 4.79 Å². The smallest absolute Gasteiger partial charge is 0.237 e. The van der Waals surface area contributed by atoms with E-state index in [1.807, 2.05) is 31.2 Å². The third kappa shape index (κ3) is 3.87. The predicted molar refractivity (Wildman–Crippen MR) is 76.3 cm³/mol. The number of carbonyl (C=O) groups excluding carboxylic acids is 1. The molecule has 100 valence electrons. The van der Waals surface area contributed by atoms with Crippen molar-refractivity contribution in [1.29, 1.82) is 0 Å². The first-order chi connectivity index (χ1) is 8.16. The molecule has 18 heavy (non-hydrogen) atoms. The zero-order valence-electron chi connectivity index (χ0n) is 10.3. The second-order valence-electron chi connectivity index (χ2n) is 4.43. The first kappa shape index (κ1) is 15.3. The predicted octanol–water partition coefficient (Wildman–Crippen LogP) is 2.69. The lowest BCUT2D eigenvalue weighted by Gasteiger charge is -2.17. The Morgan fingerprint density at radius 2 is 2.11 bits per heavy atom. The molecule has 5 heteroatoms. The number of rotatable bonds is 3. The Morgan fingerprint density at radius 3 is 2.67 bits per heavy atom. The number of hydrogen-bond acceptors (Lipinski definition) is 2. The minimum Gasteiger partial charge on any atom is -0.348 e. The van der Waals surface area contributed by atoms with E-state index in [1.54, 1.807) is 0 Å². The van der Waals surface area contributed by atoms with Crippen LogP contribution in [0.1, 0.15) is 31.4 Å². The lowest BCUT2D eigenvalue weighted by molar-refractivity contribution is -0.123. The largest absolute Gasteiger partial charge is 0.348 e. The third-order valence-electron chi connectivity index (χ3n) is 3.11. The summed E-state index contributed by atoms with van der Waals surface area (Å²) in [4.78, 5) is 11.9. The van der Waals surface area contributed by atoms with Gasteiger partial charge in [0.25, 0.3) is 0 Å². The maximum atomic E-state index is 11.9. The van der Waals surface area contributed by atoms with Crippen LogP contribution in [0, 0.1) is 0 Å². The van der Waals surface area contributed by atoms with E-state index in [1.165, 1.54) is 0 Å². The van der Waals surface area contributed by atoms with Crippen molar-refractivity contribution in [3.05, 3.63) is 34.9 Å². The third-order valence-corrected chi connectivity index (χ3v) is 3.36. The number of nitrogens with one attached hydrogen (secondary N) is 2. The standard InChI is InChI=1S/C13H17ClN2O.ClH/c1-9(10-4-6-11(14)7-5-10)16-13(17)12-3-2-8-15-12;/h4-7,9,12,15H,2-3,8H2,1H3,(H,16,17);1H. The summed E-state index contributed by atoms with van der Waals surface area (Å²) in [6.45, 7) is 2.92. The van der Waals surface area contributed by atoms with Crippen molar-refractivity contribution in [2.24, 2.45) is 0 Å². The summed E-state index contributed by atoms with van der Waals surface area (Å²) < 4.78 is 0. The van der Waals surface area contributed by atoms with E-state index in [0.29, 0.717) is 5.02 Å². The van der Waals surface area contributed by atoms with Crippen molar-refractivity contribution in [3.8, 4) is 0 Å². The highest BCUT2D eigenvalue weighted by Crippen LogP contribution is 2.16. The van der Waals surface area contributed by atoms with Gasteiger partial charge in [0, 0.05) is 5.02 Å². The minimum absolute atomic E-state index is 0. The van der Waals surface area contributed by atoms with Crippen LogP contribution >= 0.6 is 24.0 Å². The molecule has 1 aromatic carbocycles. The molecule has 0 saturated carbocycles. The number of hydrogen-bond donors (Lipinski definition) is 2. The van der Waals surface area contributed by atoms with Gasteiger partial charge in [-0.05, 0) is 44.0 Å². The summed E-state index contributed by atoms with van der Waals surface area (Å²) in [5, 5.41) is 6.91. The second-order valence-corrected chi connectivity index (χ2v) is 4.87. The average Bonchev–Trinajstić information content (AvgIpc) is 2.83. The molecule has 0 radical (unpaired) electrons. The molecule has 1 aliphatic rings. The van der Waals surface area contributed by atoms with E-state index in [2.05, 4.69) is 10.6 Å². The van der Waals surface area contributed by atoms with Crippen LogP contribution in [0.15, 0.2) is 24.3 Å². The van der Waals surface area contributed by atoms with Gasteiger partial charge in [-0.3, -0.25) is 4.79 Å². The van der Waals surface area contributed by atoms with E-state index in [-0.39, 0.29) is 30.4 Å². The van der Waals surface area contributed by atoms with Crippen LogP contribution in [0.25, 0.3) is 0 Å². The molecule has 0 aliphatic carbocycles. The summed E-state index contributed by atoms with van der Waals surface area (Å²) in [7, 11) is 0. The average molecular weight is 289 g/mol.